The third-order valence-electron chi connectivity index (χ3n) is 2.83. The molecule has 2 rings (SSSR count). The van der Waals surface area contributed by atoms with Crippen LogP contribution < -0.4 is 5.32 Å². The fourth-order valence-electron chi connectivity index (χ4n) is 1.70. The van der Waals surface area contributed by atoms with E-state index >= 15 is 0 Å². The van der Waals surface area contributed by atoms with Gasteiger partial charge in [0.1, 0.15) is 11.9 Å². The Morgan fingerprint density at radius 3 is 2.65 bits per heavy atom. The fraction of sp³-hybridized carbons (Fsp3) is 0.385. The van der Waals surface area contributed by atoms with E-state index in [-0.39, 0.29) is 24.2 Å². The molecule has 4 heteroatoms. The molecule has 88 valence electrons. The summed E-state index contributed by atoms with van der Waals surface area (Å²) in [5.41, 5.74) is 0.747. The van der Waals surface area contributed by atoms with Gasteiger partial charge in [0, 0.05) is 0 Å². The van der Waals surface area contributed by atoms with Crippen molar-refractivity contribution in [2.45, 2.75) is 25.3 Å². The molecule has 1 N–H and O–H groups in total. The summed E-state index contributed by atoms with van der Waals surface area (Å²) in [6.45, 7) is 0. The number of nitrogens with one attached hydrogen (secondary N) is 1. The molecule has 0 heterocycles. The van der Waals surface area contributed by atoms with Crippen LogP contribution in [0.15, 0.2) is 24.3 Å². The highest BCUT2D eigenvalue weighted by molar-refractivity contribution is 5.79. The summed E-state index contributed by atoms with van der Waals surface area (Å²) in [6.07, 6.45) is 2.20. The van der Waals surface area contributed by atoms with Crippen LogP contribution in [0.4, 0.5) is 4.39 Å². The predicted octanol–water partition coefficient (Wildman–Crippen LogP) is 1.79. The van der Waals surface area contributed by atoms with Crippen molar-refractivity contribution in [1.29, 1.82) is 5.26 Å². The van der Waals surface area contributed by atoms with Gasteiger partial charge in [0.25, 0.3) is 0 Å². The number of carbonyl (C=O) groups excluding carboxylic acids is 1. The maximum Gasteiger partial charge on any atom is 0.225 e. The van der Waals surface area contributed by atoms with Gasteiger partial charge in [-0.2, -0.15) is 5.26 Å². The van der Waals surface area contributed by atoms with Gasteiger partial charge in [0.05, 0.1) is 12.5 Å². The molecular formula is C13H13FN2O. The smallest absolute Gasteiger partial charge is 0.225 e. The molecule has 1 aliphatic rings. The second-order valence-corrected chi connectivity index (χ2v) is 4.31. The van der Waals surface area contributed by atoms with E-state index in [1.165, 1.54) is 12.1 Å². The van der Waals surface area contributed by atoms with Crippen LogP contribution in [0.5, 0.6) is 0 Å². The van der Waals surface area contributed by atoms with Crippen LogP contribution in [0.2, 0.25) is 0 Å². The number of carbonyl (C=O) groups is 1. The van der Waals surface area contributed by atoms with E-state index in [9.17, 15) is 9.18 Å². The van der Waals surface area contributed by atoms with Crippen molar-refractivity contribution in [2.24, 2.45) is 5.92 Å². The van der Waals surface area contributed by atoms with Gasteiger partial charge in [0.2, 0.25) is 5.91 Å². The van der Waals surface area contributed by atoms with Crippen LogP contribution in [0.1, 0.15) is 18.4 Å². The van der Waals surface area contributed by atoms with Gasteiger partial charge >= 0.3 is 0 Å². The molecule has 0 saturated heterocycles. The lowest BCUT2D eigenvalue weighted by Crippen LogP contribution is -2.36. The summed E-state index contributed by atoms with van der Waals surface area (Å²) in [5.74, 6) is -0.186. The zero-order chi connectivity index (χ0) is 12.3. The third-order valence-corrected chi connectivity index (χ3v) is 2.83. The monoisotopic (exact) mass is 232 g/mol. The van der Waals surface area contributed by atoms with Crippen molar-refractivity contribution in [3.8, 4) is 6.07 Å². The van der Waals surface area contributed by atoms with E-state index in [0.717, 1.165) is 18.4 Å². The number of amides is 1. The summed E-state index contributed by atoms with van der Waals surface area (Å²) in [4.78, 5) is 11.6. The molecule has 1 unspecified atom stereocenters. The van der Waals surface area contributed by atoms with Crippen molar-refractivity contribution >= 4 is 5.91 Å². The highest BCUT2D eigenvalue weighted by atomic mass is 19.1. The van der Waals surface area contributed by atoms with Gasteiger partial charge < -0.3 is 5.32 Å². The third kappa shape index (κ3) is 3.28. The molecule has 1 aliphatic carbocycles. The second kappa shape index (κ2) is 4.96. The van der Waals surface area contributed by atoms with E-state index in [0.29, 0.717) is 5.92 Å². The molecule has 1 amide bonds. The Morgan fingerprint density at radius 2 is 2.12 bits per heavy atom. The molecule has 0 spiro atoms. The van der Waals surface area contributed by atoms with Crippen LogP contribution in [-0.2, 0) is 11.2 Å². The molecule has 0 bridgehead atoms. The molecule has 1 fully saturated rings. The Bertz CT molecular complexity index is 445. The highest BCUT2D eigenvalue weighted by Gasteiger charge is 2.32. The minimum Gasteiger partial charge on any atom is -0.340 e. The predicted molar refractivity (Wildman–Crippen MR) is 60.4 cm³/mol. The van der Waals surface area contributed by atoms with E-state index in [1.807, 2.05) is 0 Å². The lowest BCUT2D eigenvalue weighted by Gasteiger charge is -2.10. The Balaban J connectivity index is 1.88. The van der Waals surface area contributed by atoms with Crippen LogP contribution in [-0.4, -0.2) is 11.9 Å². The number of hydrogen-bond acceptors (Lipinski definition) is 2. The average molecular weight is 232 g/mol. The molecule has 0 aliphatic heterocycles. The minimum absolute atomic E-state index is 0.185. The second-order valence-electron chi connectivity index (χ2n) is 4.31. The van der Waals surface area contributed by atoms with Crippen LogP contribution in [0, 0.1) is 23.1 Å². The first-order chi connectivity index (χ1) is 8.19. The van der Waals surface area contributed by atoms with Crippen molar-refractivity contribution < 1.29 is 9.18 Å². The molecule has 1 saturated carbocycles. The van der Waals surface area contributed by atoms with Crippen molar-refractivity contribution in [1.82, 2.24) is 5.32 Å². The quantitative estimate of drug-likeness (QED) is 0.860. The summed E-state index contributed by atoms with van der Waals surface area (Å²) < 4.78 is 12.7. The Hall–Kier alpha value is -1.89. The number of rotatable bonds is 4. The van der Waals surface area contributed by atoms with Gasteiger partial charge in [-0.3, -0.25) is 4.79 Å². The van der Waals surface area contributed by atoms with Crippen LogP contribution in [0.25, 0.3) is 0 Å². The molecule has 17 heavy (non-hydrogen) atoms. The first-order valence-electron chi connectivity index (χ1n) is 5.62. The van der Waals surface area contributed by atoms with Gasteiger partial charge in [-0.1, -0.05) is 12.1 Å². The number of benzene rings is 1. The standard InChI is InChI=1S/C13H13FN2O/c14-11-5-1-9(2-6-11)7-13(17)16-12(8-15)10-3-4-10/h1-2,5-6,10,12H,3-4,7H2,(H,16,17). The first kappa shape index (κ1) is 11.6. The minimum atomic E-state index is -0.372. The normalized spacial score (nSPS) is 16.0. The SMILES string of the molecule is N#CC(NC(=O)Cc1ccc(F)cc1)C1CC1. The first-order valence-corrected chi connectivity index (χ1v) is 5.62. The van der Waals surface area contributed by atoms with E-state index in [4.69, 9.17) is 5.26 Å². The fourth-order valence-corrected chi connectivity index (χ4v) is 1.70. The van der Waals surface area contributed by atoms with Gasteiger partial charge in [0.15, 0.2) is 0 Å². The molecule has 1 aromatic rings. The summed E-state index contributed by atoms with van der Waals surface area (Å²) in [5, 5.41) is 11.6. The van der Waals surface area contributed by atoms with Gasteiger partial charge in [-0.25, -0.2) is 4.39 Å². The van der Waals surface area contributed by atoms with Crippen molar-refractivity contribution in [3.63, 3.8) is 0 Å². The summed E-state index contributed by atoms with van der Waals surface area (Å²) in [7, 11) is 0. The van der Waals surface area contributed by atoms with Crippen LogP contribution >= 0.6 is 0 Å². The topological polar surface area (TPSA) is 52.9 Å². The maximum atomic E-state index is 12.7. The number of hydrogen-bond donors (Lipinski definition) is 1. The maximum absolute atomic E-state index is 12.7. The van der Waals surface area contributed by atoms with E-state index < -0.39 is 0 Å². The van der Waals surface area contributed by atoms with Crippen molar-refractivity contribution in [3.05, 3.63) is 35.6 Å². The summed E-state index contributed by atoms with van der Waals surface area (Å²) >= 11 is 0. The Kier molecular flexibility index (Phi) is 3.38. The molecule has 3 nitrogen and oxygen atoms in total. The zero-order valence-corrected chi connectivity index (χ0v) is 9.32. The van der Waals surface area contributed by atoms with E-state index in [1.54, 1.807) is 12.1 Å². The van der Waals surface area contributed by atoms with E-state index in [2.05, 4.69) is 11.4 Å². The Morgan fingerprint density at radius 1 is 1.47 bits per heavy atom. The number of nitrogens with zero attached hydrogens (tertiary/aromatic N) is 1. The lowest BCUT2D eigenvalue weighted by atomic mass is 10.1. The van der Waals surface area contributed by atoms with Gasteiger partial charge in [-0.15, -0.1) is 0 Å². The average Bonchev–Trinajstić information content (AvgIpc) is 3.13. The molecule has 0 aromatic heterocycles. The Labute approximate surface area is 99.2 Å². The molecular weight excluding hydrogens is 219 g/mol. The zero-order valence-electron chi connectivity index (χ0n) is 9.32. The largest absolute Gasteiger partial charge is 0.340 e. The van der Waals surface area contributed by atoms with Crippen molar-refractivity contribution in [2.75, 3.05) is 0 Å². The number of halogens is 1. The lowest BCUT2D eigenvalue weighted by molar-refractivity contribution is -0.120. The van der Waals surface area contributed by atoms with Crippen LogP contribution in [0.3, 0.4) is 0 Å². The van der Waals surface area contributed by atoms with Gasteiger partial charge in [-0.05, 0) is 36.5 Å². The number of nitriles is 1. The molecule has 1 aromatic carbocycles. The molecule has 0 radical (unpaired) electrons. The molecule has 1 atom stereocenters. The summed E-state index contributed by atoms with van der Waals surface area (Å²) in [6, 6.07) is 7.53. The highest BCUT2D eigenvalue weighted by Crippen LogP contribution is 2.32.